The van der Waals surface area contributed by atoms with E-state index >= 15 is 0 Å². The number of hydrogen-bond acceptors (Lipinski definition) is 4. The van der Waals surface area contributed by atoms with Crippen molar-refractivity contribution in [1.82, 2.24) is 19.8 Å². The van der Waals surface area contributed by atoms with Crippen molar-refractivity contribution >= 4 is 23.1 Å². The Kier molecular flexibility index (Phi) is 5.60. The maximum atomic E-state index is 11.6. The summed E-state index contributed by atoms with van der Waals surface area (Å²) in [6, 6.07) is 6.05. The summed E-state index contributed by atoms with van der Waals surface area (Å²) in [7, 11) is 0. The molecule has 2 unspecified atom stereocenters. The monoisotopic (exact) mass is 448 g/mol. The number of guanidine groups is 1. The lowest BCUT2D eigenvalue weighted by Gasteiger charge is -2.41. The van der Waals surface area contributed by atoms with E-state index in [1.54, 1.807) is 0 Å². The Morgan fingerprint density at radius 3 is 2.61 bits per heavy atom. The molecule has 2 atom stereocenters. The van der Waals surface area contributed by atoms with Crippen LogP contribution in [-0.2, 0) is 11.2 Å². The van der Waals surface area contributed by atoms with Gasteiger partial charge in [0.2, 0.25) is 11.9 Å². The van der Waals surface area contributed by atoms with Crippen molar-refractivity contribution in [3.8, 4) is 0 Å². The van der Waals surface area contributed by atoms with Crippen LogP contribution in [0.3, 0.4) is 0 Å². The predicted octanol–water partition coefficient (Wildman–Crippen LogP) is 3.96. The maximum Gasteiger partial charge on any atom is 0.228 e. The summed E-state index contributed by atoms with van der Waals surface area (Å²) in [6.07, 6.45) is 18.1. The van der Waals surface area contributed by atoms with Gasteiger partial charge in [-0.1, -0.05) is 19.3 Å². The minimum absolute atomic E-state index is 0.0853. The normalized spacial score (nSPS) is 29.1. The second-order valence-corrected chi connectivity index (χ2v) is 10.8. The number of aromatic nitrogens is 2. The lowest BCUT2D eigenvalue weighted by atomic mass is 9.83. The molecule has 0 spiro atoms. The third kappa shape index (κ3) is 4.16. The fourth-order valence-corrected chi connectivity index (χ4v) is 7.03. The van der Waals surface area contributed by atoms with Gasteiger partial charge in [-0.25, -0.2) is 4.52 Å². The molecule has 4 fully saturated rings. The van der Waals surface area contributed by atoms with E-state index in [0.29, 0.717) is 13.0 Å². The van der Waals surface area contributed by atoms with E-state index in [1.807, 2.05) is 21.8 Å². The van der Waals surface area contributed by atoms with Gasteiger partial charge in [0, 0.05) is 37.8 Å². The fraction of sp³-hybridized carbons (Fsp3) is 0.654. The Hall–Kier alpha value is -2.41. The van der Waals surface area contributed by atoms with Crippen molar-refractivity contribution in [2.24, 2.45) is 11.8 Å². The van der Waals surface area contributed by atoms with Crippen molar-refractivity contribution in [2.75, 3.05) is 18.0 Å². The summed E-state index contributed by atoms with van der Waals surface area (Å²) in [6.45, 7) is 1.88. The van der Waals surface area contributed by atoms with Gasteiger partial charge in [0.1, 0.15) is 0 Å². The van der Waals surface area contributed by atoms with Gasteiger partial charge in [-0.3, -0.25) is 20.4 Å². The molecule has 4 aliphatic rings. The average Bonchev–Trinajstić information content (AvgIpc) is 3.31. The van der Waals surface area contributed by atoms with E-state index in [1.165, 1.54) is 69.9 Å². The lowest BCUT2D eigenvalue weighted by molar-refractivity contribution is -0.119. The minimum Gasteiger partial charge on any atom is -0.309 e. The van der Waals surface area contributed by atoms with Crippen molar-refractivity contribution in [3.05, 3.63) is 30.1 Å². The molecule has 7 heteroatoms. The number of amides is 1. The molecular formula is C26H36N6O. The SMILES string of the molecule is N=C1NC(=O)CCN1c1cnn2ccc(CC3CC4CCC(C3)N4CC3CCCCC3)cc12. The molecule has 0 radical (unpaired) electrons. The topological polar surface area (TPSA) is 76.7 Å². The first-order valence-electron chi connectivity index (χ1n) is 13.0. The zero-order valence-electron chi connectivity index (χ0n) is 19.5. The fourth-order valence-electron chi connectivity index (χ4n) is 7.03. The molecule has 2 aromatic rings. The lowest BCUT2D eigenvalue weighted by Crippen LogP contribution is -2.50. The van der Waals surface area contributed by atoms with E-state index in [-0.39, 0.29) is 11.9 Å². The Morgan fingerprint density at radius 1 is 1.06 bits per heavy atom. The number of carbonyl (C=O) groups excluding carboxylic acids is 1. The molecule has 3 saturated heterocycles. The molecule has 1 amide bonds. The molecule has 176 valence electrons. The zero-order valence-corrected chi connectivity index (χ0v) is 19.5. The number of hydrogen-bond donors (Lipinski definition) is 2. The van der Waals surface area contributed by atoms with Crippen molar-refractivity contribution < 1.29 is 4.79 Å². The van der Waals surface area contributed by atoms with Gasteiger partial charge in [0.15, 0.2) is 0 Å². The number of rotatable bonds is 5. The van der Waals surface area contributed by atoms with Gasteiger partial charge in [-0.05, 0) is 74.5 Å². The smallest absolute Gasteiger partial charge is 0.228 e. The minimum atomic E-state index is -0.0853. The van der Waals surface area contributed by atoms with Crippen LogP contribution < -0.4 is 10.2 Å². The number of fused-ring (bicyclic) bond motifs is 3. The van der Waals surface area contributed by atoms with E-state index in [4.69, 9.17) is 5.41 Å². The van der Waals surface area contributed by atoms with E-state index in [2.05, 4.69) is 27.4 Å². The third-order valence-corrected chi connectivity index (χ3v) is 8.65. The molecule has 2 bridgehead atoms. The highest BCUT2D eigenvalue weighted by Gasteiger charge is 2.41. The van der Waals surface area contributed by atoms with E-state index < -0.39 is 0 Å². The van der Waals surface area contributed by atoms with Crippen LogP contribution >= 0.6 is 0 Å². The molecule has 5 heterocycles. The van der Waals surface area contributed by atoms with Crippen molar-refractivity contribution in [3.63, 3.8) is 0 Å². The summed E-state index contributed by atoms with van der Waals surface area (Å²) < 4.78 is 1.89. The van der Waals surface area contributed by atoms with E-state index in [9.17, 15) is 4.79 Å². The molecule has 0 aromatic carbocycles. The van der Waals surface area contributed by atoms with Crippen LogP contribution in [0.1, 0.15) is 69.8 Å². The number of carbonyl (C=O) groups is 1. The molecular weight excluding hydrogens is 412 g/mol. The number of anilines is 1. The second-order valence-electron chi connectivity index (χ2n) is 10.8. The molecule has 6 rings (SSSR count). The summed E-state index contributed by atoms with van der Waals surface area (Å²) in [5.41, 5.74) is 3.29. The van der Waals surface area contributed by atoms with Crippen LogP contribution in [0.15, 0.2) is 24.5 Å². The van der Waals surface area contributed by atoms with Crippen LogP contribution in [0, 0.1) is 17.2 Å². The van der Waals surface area contributed by atoms with Crippen molar-refractivity contribution in [2.45, 2.75) is 82.7 Å². The van der Waals surface area contributed by atoms with Crippen LogP contribution in [0.2, 0.25) is 0 Å². The van der Waals surface area contributed by atoms with Crippen LogP contribution in [-0.4, -0.2) is 51.6 Å². The van der Waals surface area contributed by atoms with E-state index in [0.717, 1.165) is 41.5 Å². The number of piperidine rings is 1. The Balaban J connectivity index is 1.14. The number of nitrogens with zero attached hydrogens (tertiary/aromatic N) is 4. The number of pyridine rings is 1. The molecule has 7 nitrogen and oxygen atoms in total. The van der Waals surface area contributed by atoms with Gasteiger partial charge in [0.05, 0.1) is 17.4 Å². The summed E-state index contributed by atoms with van der Waals surface area (Å²) in [5, 5.41) is 15.3. The third-order valence-electron chi connectivity index (χ3n) is 8.65. The van der Waals surface area contributed by atoms with Crippen LogP contribution in [0.25, 0.3) is 5.52 Å². The first-order valence-corrected chi connectivity index (χ1v) is 13.0. The average molecular weight is 449 g/mol. The Morgan fingerprint density at radius 2 is 1.85 bits per heavy atom. The molecule has 33 heavy (non-hydrogen) atoms. The van der Waals surface area contributed by atoms with Gasteiger partial charge in [-0.15, -0.1) is 0 Å². The largest absolute Gasteiger partial charge is 0.309 e. The number of nitrogens with one attached hydrogen (secondary N) is 2. The summed E-state index contributed by atoms with van der Waals surface area (Å²) in [4.78, 5) is 16.4. The maximum absolute atomic E-state index is 11.6. The highest BCUT2D eigenvalue weighted by molar-refractivity contribution is 6.08. The molecule has 1 saturated carbocycles. The molecule has 3 aliphatic heterocycles. The van der Waals surface area contributed by atoms with Crippen LogP contribution in [0.4, 0.5) is 5.69 Å². The standard InChI is InChI=1S/C26H36N6O/c27-26-29-25(33)9-10-30(26)24-16-28-32-11-8-19(15-23(24)32)12-20-13-21-6-7-22(14-20)31(21)17-18-4-2-1-3-5-18/h8,11,15-16,18,20-22H,1-7,9-10,12-14,17H2,(H2,27,29,33). The predicted molar refractivity (Wildman–Crippen MR) is 130 cm³/mol. The zero-order chi connectivity index (χ0) is 22.4. The Bertz CT molecular complexity index is 1030. The molecule has 1 aliphatic carbocycles. The summed E-state index contributed by atoms with van der Waals surface area (Å²) >= 11 is 0. The van der Waals surface area contributed by atoms with Gasteiger partial charge in [0.25, 0.3) is 0 Å². The van der Waals surface area contributed by atoms with Gasteiger partial charge in [-0.2, -0.15) is 5.10 Å². The summed E-state index contributed by atoms with van der Waals surface area (Å²) in [5.74, 6) is 1.76. The first-order chi connectivity index (χ1) is 16.1. The van der Waals surface area contributed by atoms with Gasteiger partial charge >= 0.3 is 0 Å². The first kappa shape index (κ1) is 21.1. The highest BCUT2D eigenvalue weighted by Crippen LogP contribution is 2.41. The van der Waals surface area contributed by atoms with Crippen LogP contribution in [0.5, 0.6) is 0 Å². The Labute approximate surface area is 196 Å². The van der Waals surface area contributed by atoms with Gasteiger partial charge < -0.3 is 4.90 Å². The quantitative estimate of drug-likeness (QED) is 0.726. The second kappa shape index (κ2) is 8.75. The highest BCUT2D eigenvalue weighted by atomic mass is 16.2. The molecule has 2 aromatic heterocycles. The molecule has 2 N–H and O–H groups in total. The van der Waals surface area contributed by atoms with Crippen molar-refractivity contribution in [1.29, 1.82) is 5.41 Å².